The smallest absolute Gasteiger partial charge is 0.256 e. The van der Waals surface area contributed by atoms with Crippen LogP contribution in [-0.4, -0.2) is 49.6 Å². The molecule has 0 aromatic carbocycles. The Bertz CT molecular complexity index is 937. The molecule has 33 heavy (non-hydrogen) atoms. The summed E-state index contributed by atoms with van der Waals surface area (Å²) in [6.45, 7) is 10.4. The second kappa shape index (κ2) is 8.77. The van der Waals surface area contributed by atoms with Crippen molar-refractivity contribution in [2.24, 2.45) is 17.3 Å². The van der Waals surface area contributed by atoms with Crippen LogP contribution in [0.25, 0.3) is 6.20 Å². The van der Waals surface area contributed by atoms with Crippen molar-refractivity contribution >= 4 is 29.8 Å². The number of amides is 2. The molecule has 8 heteroatoms. The van der Waals surface area contributed by atoms with E-state index >= 15 is 0 Å². The number of aromatic nitrogens is 2. The van der Waals surface area contributed by atoms with E-state index in [0.29, 0.717) is 30.4 Å². The predicted octanol–water partition coefficient (Wildman–Crippen LogP) is 3.83. The van der Waals surface area contributed by atoms with Crippen LogP contribution in [0, 0.1) is 17.3 Å². The van der Waals surface area contributed by atoms with Gasteiger partial charge in [-0.3, -0.25) is 9.59 Å². The molecule has 3 N–H and O–H groups in total. The number of carbonyl (C=O) groups excluding carboxylic acids is 2. The normalized spacial score (nSPS) is 30.9. The van der Waals surface area contributed by atoms with E-state index in [1.807, 2.05) is 26.8 Å². The molecule has 4 saturated carbocycles. The highest BCUT2D eigenvalue weighted by atomic mass is 32.2. The molecule has 1 aromatic rings. The van der Waals surface area contributed by atoms with Crippen LogP contribution in [0.3, 0.4) is 0 Å². The Kier molecular flexibility index (Phi) is 6.46. The summed E-state index contributed by atoms with van der Waals surface area (Å²) in [5.74, 6) is 0.835. The average Bonchev–Trinajstić information content (AvgIpc) is 3.06. The predicted molar refractivity (Wildman–Crippen MR) is 131 cm³/mol. The average molecular weight is 475 g/mol. The fourth-order valence-corrected chi connectivity index (χ4v) is 7.28. The molecule has 4 aliphatic rings. The van der Waals surface area contributed by atoms with E-state index in [1.54, 1.807) is 28.8 Å². The Hall–Kier alpha value is -1.80. The van der Waals surface area contributed by atoms with Gasteiger partial charge in [0.2, 0.25) is 5.91 Å². The van der Waals surface area contributed by atoms with Crippen LogP contribution in [-0.2, 0) is 4.79 Å². The van der Waals surface area contributed by atoms with Crippen molar-refractivity contribution in [3.8, 4) is 0 Å². The van der Waals surface area contributed by atoms with Gasteiger partial charge in [-0.2, -0.15) is 5.10 Å². The van der Waals surface area contributed by atoms with Crippen molar-refractivity contribution < 1.29 is 14.7 Å². The molecule has 2 atom stereocenters. The van der Waals surface area contributed by atoms with Gasteiger partial charge in [0.15, 0.2) is 0 Å². The first kappa shape index (κ1) is 24.3. The highest BCUT2D eigenvalue weighted by Gasteiger charge is 2.57. The van der Waals surface area contributed by atoms with Gasteiger partial charge in [0.05, 0.1) is 22.8 Å². The van der Waals surface area contributed by atoms with Crippen molar-refractivity contribution in [1.82, 2.24) is 20.4 Å². The minimum atomic E-state index is -0.696. The molecular formula is C25H38N4O3S. The van der Waals surface area contributed by atoms with Crippen molar-refractivity contribution in [2.75, 3.05) is 6.54 Å². The molecule has 0 aliphatic heterocycles. The summed E-state index contributed by atoms with van der Waals surface area (Å²) in [5.41, 5.74) is -1.08. The van der Waals surface area contributed by atoms with Crippen LogP contribution in [0.1, 0.15) is 83.5 Å². The monoisotopic (exact) mass is 474 g/mol. The lowest BCUT2D eigenvalue weighted by Gasteiger charge is -2.60. The molecule has 0 radical (unpaired) electrons. The number of aliphatic hydroxyl groups is 1. The fraction of sp³-hybridized carbons (Fsp3) is 0.720. The van der Waals surface area contributed by atoms with Gasteiger partial charge in [-0.05, 0) is 71.1 Å². The molecular weight excluding hydrogens is 436 g/mol. The Labute approximate surface area is 201 Å². The lowest BCUT2D eigenvalue weighted by atomic mass is 9.51. The maximum atomic E-state index is 13.5. The first-order valence-corrected chi connectivity index (χ1v) is 13.1. The van der Waals surface area contributed by atoms with Gasteiger partial charge in [-0.15, -0.1) is 11.8 Å². The van der Waals surface area contributed by atoms with Crippen LogP contribution >= 0.6 is 11.8 Å². The van der Waals surface area contributed by atoms with Crippen LogP contribution < -0.4 is 10.6 Å². The third-order valence-electron chi connectivity index (χ3n) is 7.31. The van der Waals surface area contributed by atoms with E-state index in [0.717, 1.165) is 30.7 Å². The highest BCUT2D eigenvalue weighted by molar-refractivity contribution is 7.99. The third-order valence-corrected chi connectivity index (χ3v) is 8.41. The summed E-state index contributed by atoms with van der Waals surface area (Å²) in [7, 11) is 0. The van der Waals surface area contributed by atoms with Crippen LogP contribution in [0.4, 0.5) is 0 Å². The van der Waals surface area contributed by atoms with Crippen molar-refractivity contribution in [3.63, 3.8) is 0 Å². The molecule has 4 bridgehead atoms. The Morgan fingerprint density at radius 3 is 2.55 bits per heavy atom. The topological polar surface area (TPSA) is 96.2 Å². The third kappa shape index (κ3) is 5.02. The first-order chi connectivity index (χ1) is 15.4. The van der Waals surface area contributed by atoms with E-state index in [9.17, 15) is 14.7 Å². The van der Waals surface area contributed by atoms with Gasteiger partial charge in [0.1, 0.15) is 5.03 Å². The number of nitrogens with zero attached hydrogens (tertiary/aromatic N) is 2. The van der Waals surface area contributed by atoms with E-state index in [1.165, 1.54) is 6.42 Å². The maximum absolute atomic E-state index is 13.5. The van der Waals surface area contributed by atoms with Crippen LogP contribution in [0.5, 0.6) is 0 Å². The van der Waals surface area contributed by atoms with Crippen molar-refractivity contribution in [2.45, 2.75) is 94.6 Å². The summed E-state index contributed by atoms with van der Waals surface area (Å²) in [5, 5.41) is 22.8. The quantitative estimate of drug-likeness (QED) is 0.498. The van der Waals surface area contributed by atoms with E-state index < -0.39 is 11.0 Å². The highest BCUT2D eigenvalue weighted by Crippen LogP contribution is 2.57. The molecule has 1 heterocycles. The second-order valence-corrected chi connectivity index (χ2v) is 12.9. The van der Waals surface area contributed by atoms with Gasteiger partial charge in [0.25, 0.3) is 5.91 Å². The van der Waals surface area contributed by atoms with Gasteiger partial charge in [-0.1, -0.05) is 19.9 Å². The zero-order valence-electron chi connectivity index (χ0n) is 20.5. The van der Waals surface area contributed by atoms with Crippen molar-refractivity contribution in [1.29, 1.82) is 0 Å². The first-order valence-electron chi connectivity index (χ1n) is 12.2. The maximum Gasteiger partial charge on any atom is 0.256 e. The molecule has 4 fully saturated rings. The summed E-state index contributed by atoms with van der Waals surface area (Å²) in [6.07, 6.45) is 10.7. The zero-order valence-corrected chi connectivity index (χ0v) is 21.3. The number of thioether (sulfide) groups is 1. The molecule has 0 spiro atoms. The number of rotatable bonds is 8. The van der Waals surface area contributed by atoms with Crippen LogP contribution in [0.15, 0.2) is 17.3 Å². The zero-order chi connectivity index (χ0) is 24.0. The standard InChI is InChI=1S/C25H38N4O3S/c1-6-26-22(31)23(4,5)7-8-29-21(33-16(2)3)19(14-27-29)20(30)28-24-10-17-9-18(11-24)13-25(32,12-17)15-24/h7-8,14,16-18,32H,6,9-13,15H2,1-5H3,(H,26,31)(H,28,30)/b8-7+. The molecule has 4 aliphatic carbocycles. The van der Waals surface area contributed by atoms with E-state index in [4.69, 9.17) is 0 Å². The number of carbonyl (C=O) groups is 2. The molecule has 5 rings (SSSR count). The lowest BCUT2D eigenvalue weighted by molar-refractivity contribution is -0.139. The largest absolute Gasteiger partial charge is 0.390 e. The summed E-state index contributed by atoms with van der Waals surface area (Å²) in [4.78, 5) is 25.9. The fourth-order valence-electron chi connectivity index (χ4n) is 6.34. The Morgan fingerprint density at radius 1 is 1.30 bits per heavy atom. The number of hydrogen-bond acceptors (Lipinski definition) is 5. The summed E-state index contributed by atoms with van der Waals surface area (Å²) >= 11 is 1.59. The van der Waals surface area contributed by atoms with E-state index in [-0.39, 0.29) is 22.6 Å². The number of hydrogen-bond donors (Lipinski definition) is 3. The molecule has 0 saturated heterocycles. The summed E-state index contributed by atoms with van der Waals surface area (Å²) < 4.78 is 1.70. The summed E-state index contributed by atoms with van der Waals surface area (Å²) in [6, 6.07) is 0. The molecule has 2 unspecified atom stereocenters. The van der Waals surface area contributed by atoms with Gasteiger partial charge in [0, 0.05) is 23.5 Å². The SMILES string of the molecule is CCNC(=O)C(C)(C)/C=C/n1ncc(C(=O)NC23CC4CC(CC(O)(C4)C2)C3)c1SC(C)C. The Balaban J connectivity index is 1.57. The second-order valence-electron chi connectivity index (χ2n) is 11.3. The minimum Gasteiger partial charge on any atom is -0.390 e. The van der Waals surface area contributed by atoms with E-state index in [2.05, 4.69) is 29.6 Å². The molecule has 182 valence electrons. The molecule has 1 aromatic heterocycles. The Morgan fingerprint density at radius 2 is 1.97 bits per heavy atom. The molecule has 7 nitrogen and oxygen atoms in total. The molecule has 2 amide bonds. The van der Waals surface area contributed by atoms with Gasteiger partial charge >= 0.3 is 0 Å². The number of nitrogens with one attached hydrogen (secondary N) is 2. The van der Waals surface area contributed by atoms with Gasteiger partial charge in [-0.25, -0.2) is 4.68 Å². The van der Waals surface area contributed by atoms with Crippen molar-refractivity contribution in [3.05, 3.63) is 17.8 Å². The lowest BCUT2D eigenvalue weighted by Crippen LogP contribution is -2.65. The van der Waals surface area contributed by atoms with Crippen LogP contribution in [0.2, 0.25) is 0 Å². The minimum absolute atomic E-state index is 0.0517. The van der Waals surface area contributed by atoms with Gasteiger partial charge < -0.3 is 15.7 Å².